The molecule has 4 N–H and O–H groups in total. The van der Waals surface area contributed by atoms with Gasteiger partial charge >= 0.3 is 5.97 Å². The number of aromatic carboxylic acids is 1. The van der Waals surface area contributed by atoms with Gasteiger partial charge in [0.1, 0.15) is 0 Å². The summed E-state index contributed by atoms with van der Waals surface area (Å²) in [4.78, 5) is 22.6. The minimum atomic E-state index is -0.986. The molecule has 0 heterocycles. The fourth-order valence-corrected chi connectivity index (χ4v) is 2.40. The van der Waals surface area contributed by atoms with Crippen molar-refractivity contribution in [3.63, 3.8) is 0 Å². The maximum Gasteiger partial charge on any atom is 0.335 e. The Kier molecular flexibility index (Phi) is 9.71. The van der Waals surface area contributed by atoms with Crippen LogP contribution in [0.15, 0.2) is 24.3 Å². The molecular weight excluding hydrogens is 292 g/mol. The van der Waals surface area contributed by atoms with E-state index >= 15 is 0 Å². The largest absolute Gasteiger partial charge is 0.478 e. The molecule has 0 saturated carbocycles. The highest BCUT2D eigenvalue weighted by molar-refractivity contribution is 5.95. The van der Waals surface area contributed by atoms with Crippen molar-refractivity contribution in [1.29, 1.82) is 0 Å². The number of carboxylic acid groups (broad SMARTS) is 1. The average molecular weight is 320 g/mol. The van der Waals surface area contributed by atoms with Crippen molar-refractivity contribution in [2.24, 2.45) is 5.73 Å². The number of benzene rings is 1. The van der Waals surface area contributed by atoms with E-state index in [9.17, 15) is 9.59 Å². The smallest absolute Gasteiger partial charge is 0.335 e. The third kappa shape index (κ3) is 8.35. The third-order valence-electron chi connectivity index (χ3n) is 3.81. The summed E-state index contributed by atoms with van der Waals surface area (Å²) in [5.41, 5.74) is 6.13. The van der Waals surface area contributed by atoms with E-state index in [2.05, 4.69) is 5.32 Å². The van der Waals surface area contributed by atoms with Crippen molar-refractivity contribution in [2.75, 3.05) is 13.1 Å². The van der Waals surface area contributed by atoms with E-state index in [0.717, 1.165) is 25.8 Å². The van der Waals surface area contributed by atoms with Gasteiger partial charge in [-0.3, -0.25) is 4.79 Å². The molecule has 128 valence electrons. The van der Waals surface area contributed by atoms with Crippen LogP contribution in [0, 0.1) is 0 Å². The van der Waals surface area contributed by atoms with Crippen LogP contribution in [-0.2, 0) is 0 Å². The van der Waals surface area contributed by atoms with Crippen molar-refractivity contribution < 1.29 is 14.7 Å². The minimum absolute atomic E-state index is 0.149. The normalized spacial score (nSPS) is 10.5. The number of unbranched alkanes of at least 4 members (excludes halogenated alkanes) is 7. The van der Waals surface area contributed by atoms with Crippen molar-refractivity contribution in [3.05, 3.63) is 35.4 Å². The van der Waals surface area contributed by atoms with Gasteiger partial charge in [-0.25, -0.2) is 4.79 Å². The molecule has 0 aliphatic heterocycles. The van der Waals surface area contributed by atoms with Crippen LogP contribution in [0.1, 0.15) is 72.1 Å². The number of carbonyl (C=O) groups is 2. The van der Waals surface area contributed by atoms with E-state index in [1.165, 1.54) is 44.2 Å². The van der Waals surface area contributed by atoms with Crippen LogP contribution in [0.3, 0.4) is 0 Å². The van der Waals surface area contributed by atoms with E-state index in [0.29, 0.717) is 12.1 Å². The lowest BCUT2D eigenvalue weighted by Gasteiger charge is -2.06. The predicted octanol–water partition coefficient (Wildman–Crippen LogP) is 3.19. The van der Waals surface area contributed by atoms with Crippen LogP contribution >= 0.6 is 0 Å². The van der Waals surface area contributed by atoms with E-state index in [1.54, 1.807) is 12.1 Å². The van der Waals surface area contributed by atoms with E-state index in [-0.39, 0.29) is 11.5 Å². The van der Waals surface area contributed by atoms with Crippen molar-refractivity contribution in [1.82, 2.24) is 5.32 Å². The quantitative estimate of drug-likeness (QED) is 0.516. The van der Waals surface area contributed by atoms with Crippen molar-refractivity contribution in [3.8, 4) is 0 Å². The summed E-state index contributed by atoms with van der Waals surface area (Å²) < 4.78 is 0. The highest BCUT2D eigenvalue weighted by Crippen LogP contribution is 2.08. The zero-order chi connectivity index (χ0) is 16.9. The average Bonchev–Trinajstić information content (AvgIpc) is 2.56. The number of hydrogen-bond donors (Lipinski definition) is 3. The number of carbonyl (C=O) groups excluding carboxylic acids is 1. The SMILES string of the molecule is NCCCCCCCCCCNC(=O)c1ccc(C(=O)O)cc1. The molecule has 0 saturated heterocycles. The molecule has 5 nitrogen and oxygen atoms in total. The van der Waals surface area contributed by atoms with Gasteiger partial charge in [0.15, 0.2) is 0 Å². The first kappa shape index (κ1) is 19.2. The van der Waals surface area contributed by atoms with Gasteiger partial charge in [0.2, 0.25) is 0 Å². The molecule has 0 atom stereocenters. The van der Waals surface area contributed by atoms with Gasteiger partial charge in [-0.05, 0) is 43.7 Å². The number of nitrogens with two attached hydrogens (primary N) is 1. The highest BCUT2D eigenvalue weighted by atomic mass is 16.4. The first-order chi connectivity index (χ1) is 11.1. The fraction of sp³-hybridized carbons (Fsp3) is 0.556. The van der Waals surface area contributed by atoms with Crippen LogP contribution in [0.4, 0.5) is 0 Å². The van der Waals surface area contributed by atoms with E-state index in [1.807, 2.05) is 0 Å². The van der Waals surface area contributed by atoms with Gasteiger partial charge in [-0.1, -0.05) is 38.5 Å². The Labute approximate surface area is 138 Å². The molecule has 1 aromatic carbocycles. The summed E-state index contributed by atoms with van der Waals surface area (Å²) >= 11 is 0. The summed E-state index contributed by atoms with van der Waals surface area (Å²) in [6, 6.07) is 5.98. The number of rotatable bonds is 12. The number of hydrogen-bond acceptors (Lipinski definition) is 3. The lowest BCUT2D eigenvalue weighted by molar-refractivity contribution is 0.0696. The van der Waals surface area contributed by atoms with Crippen molar-refractivity contribution in [2.45, 2.75) is 51.4 Å². The Balaban J connectivity index is 2.07. The molecule has 0 aliphatic rings. The maximum atomic E-state index is 11.9. The Morgan fingerprint density at radius 2 is 1.30 bits per heavy atom. The number of carboxylic acids is 1. The van der Waals surface area contributed by atoms with Gasteiger partial charge in [-0.2, -0.15) is 0 Å². The highest BCUT2D eigenvalue weighted by Gasteiger charge is 2.07. The summed E-state index contributed by atoms with van der Waals surface area (Å²) in [7, 11) is 0. The van der Waals surface area contributed by atoms with Gasteiger partial charge in [0, 0.05) is 12.1 Å². The van der Waals surface area contributed by atoms with Gasteiger partial charge < -0.3 is 16.2 Å². The second-order valence-corrected chi connectivity index (χ2v) is 5.76. The first-order valence-electron chi connectivity index (χ1n) is 8.47. The Bertz CT molecular complexity index is 472. The summed E-state index contributed by atoms with van der Waals surface area (Å²) in [5.74, 6) is -1.14. The third-order valence-corrected chi connectivity index (χ3v) is 3.81. The first-order valence-corrected chi connectivity index (χ1v) is 8.47. The molecule has 0 aliphatic carbocycles. The lowest BCUT2D eigenvalue weighted by atomic mass is 10.1. The maximum absolute atomic E-state index is 11.9. The zero-order valence-electron chi connectivity index (χ0n) is 13.7. The molecular formula is C18H28N2O3. The minimum Gasteiger partial charge on any atom is -0.478 e. The molecule has 0 bridgehead atoms. The van der Waals surface area contributed by atoms with E-state index in [4.69, 9.17) is 10.8 Å². The molecule has 1 rings (SSSR count). The molecule has 0 radical (unpaired) electrons. The molecule has 1 amide bonds. The van der Waals surface area contributed by atoms with Crippen LogP contribution in [0.2, 0.25) is 0 Å². The summed E-state index contributed by atoms with van der Waals surface area (Å²) in [5, 5.41) is 11.7. The van der Waals surface area contributed by atoms with E-state index < -0.39 is 5.97 Å². The van der Waals surface area contributed by atoms with Crippen LogP contribution in [-0.4, -0.2) is 30.1 Å². The molecule has 1 aromatic rings. The van der Waals surface area contributed by atoms with Crippen LogP contribution < -0.4 is 11.1 Å². The molecule has 23 heavy (non-hydrogen) atoms. The standard InChI is InChI=1S/C18H28N2O3/c19-13-7-5-3-1-2-4-6-8-14-20-17(21)15-9-11-16(12-10-15)18(22)23/h9-12H,1-8,13-14,19H2,(H,20,21)(H,22,23). The van der Waals surface area contributed by atoms with Gasteiger partial charge in [0.05, 0.1) is 5.56 Å². The summed E-state index contributed by atoms with van der Waals surface area (Å²) in [6.45, 7) is 1.45. The number of nitrogens with one attached hydrogen (secondary N) is 1. The monoisotopic (exact) mass is 320 g/mol. The molecule has 0 unspecified atom stereocenters. The Morgan fingerprint density at radius 3 is 1.83 bits per heavy atom. The molecule has 5 heteroatoms. The van der Waals surface area contributed by atoms with Crippen LogP contribution in [0.25, 0.3) is 0 Å². The summed E-state index contributed by atoms with van der Waals surface area (Å²) in [6.07, 6.45) is 9.42. The fourth-order valence-electron chi connectivity index (χ4n) is 2.40. The lowest BCUT2D eigenvalue weighted by Crippen LogP contribution is -2.24. The predicted molar refractivity (Wildman–Crippen MR) is 91.7 cm³/mol. The van der Waals surface area contributed by atoms with Crippen molar-refractivity contribution >= 4 is 11.9 Å². The second-order valence-electron chi connectivity index (χ2n) is 5.76. The Morgan fingerprint density at radius 1 is 0.826 bits per heavy atom. The van der Waals surface area contributed by atoms with Gasteiger partial charge in [-0.15, -0.1) is 0 Å². The molecule has 0 aromatic heterocycles. The van der Waals surface area contributed by atoms with Crippen LogP contribution in [0.5, 0.6) is 0 Å². The zero-order valence-corrected chi connectivity index (χ0v) is 13.7. The topological polar surface area (TPSA) is 92.4 Å². The molecule has 0 spiro atoms. The number of amides is 1. The Hall–Kier alpha value is -1.88. The second kappa shape index (κ2) is 11.7. The van der Waals surface area contributed by atoms with Gasteiger partial charge in [0.25, 0.3) is 5.91 Å². The molecule has 0 fully saturated rings.